The summed E-state index contributed by atoms with van der Waals surface area (Å²) in [4.78, 5) is 31.8. The van der Waals surface area contributed by atoms with Gasteiger partial charge < -0.3 is 14.9 Å². The topological polar surface area (TPSA) is 73.7 Å². The fourth-order valence-electron chi connectivity index (χ4n) is 3.40. The van der Waals surface area contributed by atoms with Crippen LogP contribution in [0.5, 0.6) is 0 Å². The number of hydrogen-bond donors (Lipinski definition) is 1. The molecule has 1 aromatic rings. The van der Waals surface area contributed by atoms with Crippen LogP contribution in [-0.4, -0.2) is 53.0 Å². The van der Waals surface area contributed by atoms with Crippen molar-refractivity contribution >= 4 is 29.3 Å². The van der Waals surface area contributed by atoms with Gasteiger partial charge in [0.25, 0.3) is 5.91 Å². The first-order valence-electron chi connectivity index (χ1n) is 8.49. The lowest BCUT2D eigenvalue weighted by Crippen LogP contribution is -2.37. The molecule has 130 valence electrons. The number of aromatic nitrogens is 1. The molecule has 0 unspecified atom stereocenters. The van der Waals surface area contributed by atoms with E-state index in [-0.39, 0.29) is 11.8 Å². The molecule has 7 heteroatoms. The third kappa shape index (κ3) is 3.64. The van der Waals surface area contributed by atoms with Crippen molar-refractivity contribution in [1.82, 2.24) is 9.88 Å². The molecule has 3 rings (SSSR count). The zero-order valence-corrected chi connectivity index (χ0v) is 14.3. The van der Waals surface area contributed by atoms with Gasteiger partial charge in [-0.2, -0.15) is 0 Å². The fraction of sp³-hybridized carbons (Fsp3) is 0.588. The SMILES string of the molecule is O=C(O)C1CCN(c2ncc(C(=O)N3CCCCC3)cc2Cl)CC1. The molecular formula is C17H22ClN3O3. The van der Waals surface area contributed by atoms with Gasteiger partial charge in [0, 0.05) is 32.4 Å². The number of pyridine rings is 1. The number of rotatable bonds is 3. The quantitative estimate of drug-likeness (QED) is 0.906. The molecule has 2 aliphatic rings. The van der Waals surface area contributed by atoms with Gasteiger partial charge in [-0.05, 0) is 38.2 Å². The van der Waals surface area contributed by atoms with Gasteiger partial charge >= 0.3 is 5.97 Å². The van der Waals surface area contributed by atoms with Crippen molar-refractivity contribution < 1.29 is 14.7 Å². The van der Waals surface area contributed by atoms with Crippen molar-refractivity contribution in [3.05, 3.63) is 22.8 Å². The molecular weight excluding hydrogens is 330 g/mol. The highest BCUT2D eigenvalue weighted by molar-refractivity contribution is 6.33. The van der Waals surface area contributed by atoms with Crippen LogP contribution in [0.2, 0.25) is 5.02 Å². The normalized spacial score (nSPS) is 19.4. The van der Waals surface area contributed by atoms with Crippen LogP contribution in [0, 0.1) is 5.92 Å². The lowest BCUT2D eigenvalue weighted by molar-refractivity contribution is -0.142. The molecule has 24 heavy (non-hydrogen) atoms. The Morgan fingerprint density at radius 3 is 2.38 bits per heavy atom. The number of carboxylic acids is 1. The molecule has 0 bridgehead atoms. The summed E-state index contributed by atoms with van der Waals surface area (Å²) in [5.41, 5.74) is 0.520. The number of carbonyl (C=O) groups excluding carboxylic acids is 1. The Morgan fingerprint density at radius 1 is 1.12 bits per heavy atom. The number of hydrogen-bond acceptors (Lipinski definition) is 4. The van der Waals surface area contributed by atoms with Gasteiger partial charge in [0.05, 0.1) is 16.5 Å². The Hall–Kier alpha value is -1.82. The molecule has 2 saturated heterocycles. The van der Waals surface area contributed by atoms with Crippen molar-refractivity contribution in [2.75, 3.05) is 31.1 Å². The van der Waals surface area contributed by atoms with Crippen molar-refractivity contribution in [3.63, 3.8) is 0 Å². The number of carbonyl (C=O) groups is 2. The molecule has 0 saturated carbocycles. The summed E-state index contributed by atoms with van der Waals surface area (Å²) in [6, 6.07) is 1.68. The number of nitrogens with zero attached hydrogens (tertiary/aromatic N) is 3. The Labute approximate surface area is 146 Å². The molecule has 1 aromatic heterocycles. The zero-order valence-electron chi connectivity index (χ0n) is 13.6. The largest absolute Gasteiger partial charge is 0.481 e. The fourth-order valence-corrected chi connectivity index (χ4v) is 3.68. The van der Waals surface area contributed by atoms with E-state index >= 15 is 0 Å². The van der Waals surface area contributed by atoms with Crippen LogP contribution >= 0.6 is 11.6 Å². The monoisotopic (exact) mass is 351 g/mol. The average molecular weight is 352 g/mol. The lowest BCUT2D eigenvalue weighted by Gasteiger charge is -2.31. The second kappa shape index (κ2) is 7.38. The summed E-state index contributed by atoms with van der Waals surface area (Å²) in [5, 5.41) is 9.52. The number of piperidine rings is 2. The second-order valence-electron chi connectivity index (χ2n) is 6.48. The van der Waals surface area contributed by atoms with Crippen LogP contribution in [0.15, 0.2) is 12.3 Å². The summed E-state index contributed by atoms with van der Waals surface area (Å²) >= 11 is 6.35. The van der Waals surface area contributed by atoms with Gasteiger partial charge in [-0.15, -0.1) is 0 Å². The van der Waals surface area contributed by atoms with Gasteiger partial charge in [-0.3, -0.25) is 9.59 Å². The van der Waals surface area contributed by atoms with E-state index in [1.807, 2.05) is 9.80 Å². The van der Waals surface area contributed by atoms with Crippen LogP contribution in [0.3, 0.4) is 0 Å². The van der Waals surface area contributed by atoms with Crippen LogP contribution in [0.1, 0.15) is 42.5 Å². The summed E-state index contributed by atoms with van der Waals surface area (Å²) in [6.07, 6.45) is 6.02. The van der Waals surface area contributed by atoms with E-state index in [1.165, 1.54) is 6.42 Å². The molecule has 2 aliphatic heterocycles. The predicted molar refractivity (Wildman–Crippen MR) is 91.6 cm³/mol. The van der Waals surface area contributed by atoms with E-state index in [4.69, 9.17) is 16.7 Å². The standard InChI is InChI=1S/C17H22ClN3O3/c18-14-10-13(16(22)21-6-2-1-3-7-21)11-19-15(14)20-8-4-12(5-9-20)17(23)24/h10-12H,1-9H2,(H,23,24). The molecule has 1 amide bonds. The number of amides is 1. The van der Waals surface area contributed by atoms with Gasteiger partial charge in [-0.25, -0.2) is 4.98 Å². The molecule has 0 radical (unpaired) electrons. The van der Waals surface area contributed by atoms with Crippen molar-refractivity contribution in [2.45, 2.75) is 32.1 Å². The maximum absolute atomic E-state index is 12.5. The van der Waals surface area contributed by atoms with Crippen molar-refractivity contribution in [1.29, 1.82) is 0 Å². The maximum atomic E-state index is 12.5. The minimum absolute atomic E-state index is 0.0137. The van der Waals surface area contributed by atoms with Gasteiger partial charge in [-0.1, -0.05) is 11.6 Å². The second-order valence-corrected chi connectivity index (χ2v) is 6.89. The van der Waals surface area contributed by atoms with Gasteiger partial charge in [0.1, 0.15) is 5.82 Å². The van der Waals surface area contributed by atoms with Crippen molar-refractivity contribution in [2.24, 2.45) is 5.92 Å². The number of aliphatic carboxylic acids is 1. The number of anilines is 1. The first kappa shape index (κ1) is 17.0. The molecule has 2 fully saturated rings. The summed E-state index contributed by atoms with van der Waals surface area (Å²) in [7, 11) is 0. The van der Waals surface area contributed by atoms with E-state index < -0.39 is 5.97 Å². The van der Waals surface area contributed by atoms with E-state index in [0.29, 0.717) is 42.3 Å². The molecule has 0 aliphatic carbocycles. The van der Waals surface area contributed by atoms with Crippen molar-refractivity contribution in [3.8, 4) is 0 Å². The molecule has 3 heterocycles. The maximum Gasteiger partial charge on any atom is 0.306 e. The number of halogens is 1. The Bertz CT molecular complexity index is 624. The number of likely N-dealkylation sites (tertiary alicyclic amines) is 1. The van der Waals surface area contributed by atoms with E-state index in [1.54, 1.807) is 12.3 Å². The highest BCUT2D eigenvalue weighted by atomic mass is 35.5. The van der Waals surface area contributed by atoms with Crippen LogP contribution in [0.4, 0.5) is 5.82 Å². The van der Waals surface area contributed by atoms with Gasteiger partial charge in [0.15, 0.2) is 0 Å². The lowest BCUT2D eigenvalue weighted by atomic mass is 9.97. The van der Waals surface area contributed by atoms with E-state index in [0.717, 1.165) is 25.9 Å². The average Bonchev–Trinajstić information content (AvgIpc) is 2.62. The molecule has 1 N–H and O–H groups in total. The number of carboxylic acid groups (broad SMARTS) is 1. The molecule has 0 atom stereocenters. The van der Waals surface area contributed by atoms with Gasteiger partial charge in [0.2, 0.25) is 0 Å². The molecule has 0 spiro atoms. The first-order chi connectivity index (χ1) is 11.6. The van der Waals surface area contributed by atoms with Crippen LogP contribution < -0.4 is 4.90 Å². The summed E-state index contributed by atoms with van der Waals surface area (Å²) < 4.78 is 0. The summed E-state index contributed by atoms with van der Waals surface area (Å²) in [6.45, 7) is 2.81. The minimum atomic E-state index is -0.740. The Balaban J connectivity index is 1.69. The first-order valence-corrected chi connectivity index (χ1v) is 8.86. The third-order valence-corrected chi connectivity index (χ3v) is 5.13. The molecule has 0 aromatic carbocycles. The van der Waals surface area contributed by atoms with Crippen LogP contribution in [0.25, 0.3) is 0 Å². The third-order valence-electron chi connectivity index (χ3n) is 4.86. The highest BCUT2D eigenvalue weighted by Crippen LogP contribution is 2.29. The smallest absolute Gasteiger partial charge is 0.306 e. The Morgan fingerprint density at radius 2 is 1.79 bits per heavy atom. The Kier molecular flexibility index (Phi) is 5.23. The highest BCUT2D eigenvalue weighted by Gasteiger charge is 2.27. The molecule has 6 nitrogen and oxygen atoms in total. The van der Waals surface area contributed by atoms with E-state index in [2.05, 4.69) is 4.98 Å². The van der Waals surface area contributed by atoms with E-state index in [9.17, 15) is 9.59 Å². The van der Waals surface area contributed by atoms with Crippen LogP contribution in [-0.2, 0) is 4.79 Å². The summed E-state index contributed by atoms with van der Waals surface area (Å²) in [5.74, 6) is -0.410. The predicted octanol–water partition coefficient (Wildman–Crippen LogP) is 2.66. The zero-order chi connectivity index (χ0) is 17.1. The minimum Gasteiger partial charge on any atom is -0.481 e.